The number of methoxy groups -OCH3 is 3. The lowest BCUT2D eigenvalue weighted by molar-refractivity contribution is 0.101. The Labute approximate surface area is 226 Å². The largest absolute Gasteiger partial charge is 0.507 e. The van der Waals surface area contributed by atoms with Gasteiger partial charge in [0, 0.05) is 38.3 Å². The van der Waals surface area contributed by atoms with E-state index < -0.39 is 0 Å². The van der Waals surface area contributed by atoms with Crippen LogP contribution in [0.4, 0.5) is 10.1 Å². The molecule has 9 heteroatoms. The number of benzene rings is 3. The van der Waals surface area contributed by atoms with Gasteiger partial charge in [-0.05, 0) is 48.9 Å². The molecule has 3 aromatic carbocycles. The van der Waals surface area contributed by atoms with Crippen LogP contribution in [0.15, 0.2) is 48.2 Å². The fourth-order valence-electron chi connectivity index (χ4n) is 5.19. The smallest absolute Gasteiger partial charge is 0.232 e. The molecule has 0 unspecified atom stereocenters. The molecule has 3 aromatic rings. The van der Waals surface area contributed by atoms with Gasteiger partial charge in [-0.25, -0.2) is 4.39 Å². The van der Waals surface area contributed by atoms with E-state index >= 15 is 0 Å². The number of piperazine rings is 1. The highest BCUT2D eigenvalue weighted by atomic mass is 19.1. The number of aryl methyl sites for hydroxylation is 1. The van der Waals surface area contributed by atoms with Gasteiger partial charge in [0.25, 0.3) is 0 Å². The number of rotatable bonds is 7. The second-order valence-corrected chi connectivity index (χ2v) is 9.47. The zero-order chi connectivity index (χ0) is 27.7. The average Bonchev–Trinajstić information content (AvgIpc) is 3.27. The van der Waals surface area contributed by atoms with Gasteiger partial charge in [0.15, 0.2) is 17.3 Å². The van der Waals surface area contributed by atoms with E-state index in [0.29, 0.717) is 83.7 Å². The summed E-state index contributed by atoms with van der Waals surface area (Å²) in [4.78, 5) is 17.6. The van der Waals surface area contributed by atoms with Crippen molar-refractivity contribution in [2.45, 2.75) is 13.5 Å². The molecule has 0 atom stereocenters. The summed E-state index contributed by atoms with van der Waals surface area (Å²) in [6.45, 7) is 4.77. The van der Waals surface area contributed by atoms with Crippen molar-refractivity contribution in [1.29, 1.82) is 0 Å². The first-order chi connectivity index (χ1) is 18.9. The number of Topliss-reactive ketones (excluding diaryl/α,β-unsaturated/α-hetero) is 1. The molecule has 0 saturated carbocycles. The monoisotopic (exact) mass is 534 g/mol. The number of hydrogen-bond donors (Lipinski definition) is 1. The normalized spacial score (nSPS) is 16.3. The third-order valence-corrected chi connectivity index (χ3v) is 7.19. The zero-order valence-electron chi connectivity index (χ0n) is 22.4. The van der Waals surface area contributed by atoms with Gasteiger partial charge >= 0.3 is 0 Å². The van der Waals surface area contributed by atoms with Crippen LogP contribution in [0.2, 0.25) is 0 Å². The number of fused-ring (bicyclic) bond motifs is 1. The Morgan fingerprint density at radius 3 is 2.38 bits per heavy atom. The molecule has 2 aliphatic rings. The molecule has 0 bridgehead atoms. The quantitative estimate of drug-likeness (QED) is 0.433. The number of anilines is 1. The van der Waals surface area contributed by atoms with E-state index in [1.54, 1.807) is 43.3 Å². The second kappa shape index (κ2) is 10.9. The molecule has 0 amide bonds. The van der Waals surface area contributed by atoms with Crippen LogP contribution < -0.4 is 23.8 Å². The topological polar surface area (TPSA) is 80.7 Å². The first-order valence-corrected chi connectivity index (χ1v) is 12.7. The number of carbonyl (C=O) groups excluding carboxylic acids is 1. The molecule has 0 spiro atoms. The number of hydrogen-bond acceptors (Lipinski definition) is 8. The molecular formula is C30H31FN2O6. The van der Waals surface area contributed by atoms with E-state index in [1.807, 2.05) is 11.0 Å². The number of allylic oxidation sites excluding steroid dienone is 1. The van der Waals surface area contributed by atoms with Crippen LogP contribution in [-0.4, -0.2) is 63.3 Å². The number of phenolic OH excluding ortho intramolecular Hbond substituents is 1. The van der Waals surface area contributed by atoms with Gasteiger partial charge in [-0.3, -0.25) is 9.69 Å². The van der Waals surface area contributed by atoms with Crippen LogP contribution in [0.5, 0.6) is 28.7 Å². The van der Waals surface area contributed by atoms with Gasteiger partial charge < -0.3 is 29.0 Å². The Bertz CT molecular complexity index is 1450. The minimum Gasteiger partial charge on any atom is -0.507 e. The summed E-state index contributed by atoms with van der Waals surface area (Å²) in [5.74, 6) is 1.35. The van der Waals surface area contributed by atoms with Crippen molar-refractivity contribution >= 4 is 17.5 Å². The zero-order valence-corrected chi connectivity index (χ0v) is 22.4. The molecule has 5 rings (SSSR count). The maximum absolute atomic E-state index is 14.3. The fraction of sp³-hybridized carbons (Fsp3) is 0.300. The van der Waals surface area contributed by atoms with E-state index in [2.05, 4.69) is 4.90 Å². The summed E-state index contributed by atoms with van der Waals surface area (Å²) in [6.07, 6.45) is 1.61. The third-order valence-electron chi connectivity index (χ3n) is 7.19. The van der Waals surface area contributed by atoms with Crippen LogP contribution in [0.1, 0.15) is 27.0 Å². The molecule has 0 aromatic heterocycles. The highest BCUT2D eigenvalue weighted by Crippen LogP contribution is 2.45. The van der Waals surface area contributed by atoms with Gasteiger partial charge in [0.2, 0.25) is 11.5 Å². The van der Waals surface area contributed by atoms with Crippen LogP contribution in [0.25, 0.3) is 6.08 Å². The van der Waals surface area contributed by atoms with Gasteiger partial charge in [0.05, 0.1) is 38.1 Å². The summed E-state index contributed by atoms with van der Waals surface area (Å²) in [5, 5.41) is 10.9. The first-order valence-electron chi connectivity index (χ1n) is 12.7. The van der Waals surface area contributed by atoms with Crippen molar-refractivity contribution in [2.24, 2.45) is 0 Å². The molecule has 0 radical (unpaired) electrons. The van der Waals surface area contributed by atoms with E-state index in [1.165, 1.54) is 27.4 Å². The molecule has 39 heavy (non-hydrogen) atoms. The standard InChI is InChI=1S/C30H31FN2O6/c1-18-15-23(34)20(17-32-11-13-33(14-12-32)22-8-6-5-7-21(22)31)29-26(18)27(35)25(39-29)16-19-9-10-24(36-2)30(38-4)28(19)37-3/h5-10,15-16,34H,11-14,17H2,1-4H3. The first kappa shape index (κ1) is 26.4. The predicted octanol–water partition coefficient (Wildman–Crippen LogP) is 4.80. The SMILES string of the molecule is COc1ccc(C=C2Oc3c(CN4CCN(c5ccccc5F)CC4)c(O)cc(C)c3C2=O)c(OC)c1OC. The summed E-state index contributed by atoms with van der Waals surface area (Å²) in [7, 11) is 4.56. The van der Waals surface area contributed by atoms with E-state index in [4.69, 9.17) is 18.9 Å². The van der Waals surface area contributed by atoms with Crippen molar-refractivity contribution in [3.8, 4) is 28.7 Å². The summed E-state index contributed by atoms with van der Waals surface area (Å²) in [5.41, 5.74) is 2.78. The number of ketones is 1. The summed E-state index contributed by atoms with van der Waals surface area (Å²) >= 11 is 0. The average molecular weight is 535 g/mol. The molecule has 2 heterocycles. The molecule has 1 saturated heterocycles. The number of halogens is 1. The highest BCUT2D eigenvalue weighted by molar-refractivity contribution is 6.16. The number of carbonyl (C=O) groups is 1. The molecular weight excluding hydrogens is 503 g/mol. The summed E-state index contributed by atoms with van der Waals surface area (Å²) in [6, 6.07) is 11.8. The van der Waals surface area contributed by atoms with E-state index in [0.717, 1.165) is 0 Å². The Morgan fingerprint density at radius 1 is 1.00 bits per heavy atom. The van der Waals surface area contributed by atoms with Gasteiger partial charge in [-0.1, -0.05) is 12.1 Å². The van der Waals surface area contributed by atoms with Crippen LogP contribution in [-0.2, 0) is 6.54 Å². The molecule has 2 aliphatic heterocycles. The lowest BCUT2D eigenvalue weighted by atomic mass is 9.99. The van der Waals surface area contributed by atoms with Gasteiger partial charge in [-0.15, -0.1) is 0 Å². The van der Waals surface area contributed by atoms with Crippen molar-refractivity contribution in [3.05, 3.63) is 76.3 Å². The lowest BCUT2D eigenvalue weighted by Crippen LogP contribution is -2.46. The van der Waals surface area contributed by atoms with Crippen LogP contribution in [0.3, 0.4) is 0 Å². The summed E-state index contributed by atoms with van der Waals surface area (Å²) < 4.78 is 36.8. The van der Waals surface area contributed by atoms with Crippen molar-refractivity contribution < 1.29 is 33.2 Å². The van der Waals surface area contributed by atoms with Crippen molar-refractivity contribution in [1.82, 2.24) is 4.90 Å². The maximum atomic E-state index is 14.3. The van der Waals surface area contributed by atoms with E-state index in [-0.39, 0.29) is 23.1 Å². The van der Waals surface area contributed by atoms with Gasteiger partial charge in [-0.2, -0.15) is 0 Å². The Balaban J connectivity index is 1.41. The van der Waals surface area contributed by atoms with Crippen molar-refractivity contribution in [3.63, 3.8) is 0 Å². The molecule has 204 valence electrons. The Hall–Kier alpha value is -4.24. The molecule has 0 aliphatic carbocycles. The number of phenols is 1. The molecule has 1 N–H and O–H groups in total. The minimum absolute atomic E-state index is 0.0699. The number of para-hydroxylation sites is 1. The van der Waals surface area contributed by atoms with E-state index in [9.17, 15) is 14.3 Å². The number of ether oxygens (including phenoxy) is 4. The molecule has 1 fully saturated rings. The fourth-order valence-corrected chi connectivity index (χ4v) is 5.19. The minimum atomic E-state index is -0.273. The van der Waals surface area contributed by atoms with Gasteiger partial charge in [0.1, 0.15) is 17.3 Å². The predicted molar refractivity (Wildman–Crippen MR) is 146 cm³/mol. The lowest BCUT2D eigenvalue weighted by Gasteiger charge is -2.36. The molecule has 8 nitrogen and oxygen atoms in total. The van der Waals surface area contributed by atoms with Crippen LogP contribution in [0, 0.1) is 12.7 Å². The number of nitrogens with zero attached hydrogens (tertiary/aromatic N) is 2. The van der Waals surface area contributed by atoms with Crippen molar-refractivity contribution in [2.75, 3.05) is 52.4 Å². The third kappa shape index (κ3) is 4.85. The Morgan fingerprint density at radius 2 is 1.72 bits per heavy atom. The second-order valence-electron chi connectivity index (χ2n) is 9.47. The maximum Gasteiger partial charge on any atom is 0.232 e. The number of aromatic hydroxyl groups is 1. The highest BCUT2D eigenvalue weighted by Gasteiger charge is 2.34. The Kier molecular flexibility index (Phi) is 7.34. The van der Waals surface area contributed by atoms with Crippen LogP contribution >= 0.6 is 0 Å².